The quantitative estimate of drug-likeness (QED) is 0.0304. The minimum absolute atomic E-state index is 0.123. The lowest BCUT2D eigenvalue weighted by Gasteiger charge is -2.27. The van der Waals surface area contributed by atoms with Crippen molar-refractivity contribution in [2.24, 2.45) is 29.2 Å². The van der Waals surface area contributed by atoms with Crippen molar-refractivity contribution < 1.29 is 95.1 Å². The van der Waals surface area contributed by atoms with Gasteiger partial charge in [0, 0.05) is 100 Å². The number of aliphatic hydroxyl groups is 1. The predicted molar refractivity (Wildman–Crippen MR) is 610 cm³/mol. The van der Waals surface area contributed by atoms with Gasteiger partial charge in [0.1, 0.15) is 0 Å². The molecule has 862 valence electrons. The zero-order chi connectivity index (χ0) is 112. The Bertz CT molecular complexity index is 2440. The maximum absolute atomic E-state index is 8.19. The van der Waals surface area contributed by atoms with Crippen LogP contribution in [0.15, 0.2) is 54.6 Å². The number of ether oxygens (including phenoxy) is 19. The van der Waals surface area contributed by atoms with Crippen LogP contribution in [0, 0.1) is 17.8 Å². The summed E-state index contributed by atoms with van der Waals surface area (Å²) in [5.41, 5.74) is 19.2. The summed E-state index contributed by atoms with van der Waals surface area (Å²) in [4.78, 5) is 2.11. The smallest absolute Gasteiger partial charge is 0.0720 e. The van der Waals surface area contributed by atoms with E-state index in [-0.39, 0.29) is 18.8 Å². The fourth-order valence-electron chi connectivity index (χ4n) is 9.98. The maximum atomic E-state index is 8.19. The summed E-state index contributed by atoms with van der Waals surface area (Å²) in [6.07, 6.45) is 27.2. The molecule has 25 nitrogen and oxygen atoms in total. The highest BCUT2D eigenvalue weighted by Gasteiger charge is 2.23. The van der Waals surface area contributed by atoms with Crippen molar-refractivity contribution >= 4 is 5.69 Å². The zero-order valence-corrected chi connectivity index (χ0v) is 102. The molecule has 7 rings (SSSR count). The third-order valence-corrected chi connectivity index (χ3v) is 17.8. The fourth-order valence-corrected chi connectivity index (χ4v) is 9.98. The Hall–Kier alpha value is -2.72. The monoisotopic (exact) mass is 2040 g/mol. The number of benzene rings is 2. The van der Waals surface area contributed by atoms with Gasteiger partial charge in [0.2, 0.25) is 0 Å². The van der Waals surface area contributed by atoms with Crippen molar-refractivity contribution in [1.29, 1.82) is 0 Å². The van der Waals surface area contributed by atoms with Gasteiger partial charge in [-0.2, -0.15) is 0 Å². The third kappa shape index (κ3) is 185. The average Bonchev–Trinajstić information content (AvgIpc) is 1.02. The van der Waals surface area contributed by atoms with Gasteiger partial charge in [0.15, 0.2) is 0 Å². The largest absolute Gasteiger partial charge is 0.399 e. The van der Waals surface area contributed by atoms with E-state index >= 15 is 0 Å². The SMILES string of the molecule is CC(C)COC(C)C.CC(C)N.CC(C)OC(C)C.CC(C)OC1CCC1.CC(C)OC1CCCC1.CC(C)OC1CCOCC1.CC(C)OCC1CC1.CC(C)OCCC1CC1.CC(C)OCCN.CC(C)OCCN(C)C.CC(C)OCCO.CC(C)OCc1ccc(N)cc1.CC(C)c1ccccc1.CNCCOC(C)C.COC(C)C.COC(C)C.COCCCOC(C)C.COCCOC(C)C. The van der Waals surface area contributed by atoms with E-state index in [0.717, 1.165) is 115 Å². The van der Waals surface area contributed by atoms with Crippen LogP contribution in [0.25, 0.3) is 0 Å². The number of anilines is 1. The van der Waals surface area contributed by atoms with Gasteiger partial charge in [-0.25, -0.2) is 0 Å². The molecule has 4 aliphatic carbocycles. The first-order valence-corrected chi connectivity index (χ1v) is 55.1. The molecule has 142 heavy (non-hydrogen) atoms. The molecule has 0 atom stereocenters. The summed E-state index contributed by atoms with van der Waals surface area (Å²) in [5.74, 6) is 3.25. The predicted octanol–water partition coefficient (Wildman–Crippen LogP) is 26.2. The summed E-state index contributed by atoms with van der Waals surface area (Å²) < 4.78 is 98.7. The number of hydrogen-bond acceptors (Lipinski definition) is 25. The van der Waals surface area contributed by atoms with E-state index in [9.17, 15) is 0 Å². The van der Waals surface area contributed by atoms with Crippen LogP contribution in [0.1, 0.15) is 390 Å². The molecule has 1 heterocycles. The Morgan fingerprint density at radius 2 is 0.732 bits per heavy atom. The van der Waals surface area contributed by atoms with Crippen LogP contribution in [0.5, 0.6) is 0 Å². The van der Waals surface area contributed by atoms with Gasteiger partial charge in [0.05, 0.1) is 175 Å². The van der Waals surface area contributed by atoms with Crippen LogP contribution < -0.4 is 22.5 Å². The standard InChI is InChI=1S/C10H15NO.C9H12.C8H16O2.2C8H16O.C7H17NO.C7H16O2.2C7H14O.C7H16O.C6H15NO.C6H14O2.C6H14O.C5H13NO.C5H12O2.2C4H10O.C3H9N/c1-8(2)12-7-9-3-5-10(11)6-4-9;1-8(2)9-6-4-3-5-7-9;1-7(2)10-8-3-5-9-6-4-8;1-7(2)9-6-5-8-3-4-8;1-7(2)9-8-5-3-4-6-8;1-7(2)9-6-5-8(3)4;1-7(2)9-6-4-5-8-3;1-6(2)8-5-7-3-4-7;1-6(2)8-7-4-3-5-7;1-6(2)5-8-7(3)4;2*1-6(2)8-5-4-7-3;1-5(2)7-6(3)4;2*1-5(2)7-4-3-6;2*1-4(2)5-3;1-3(2)4/h3-6,8H,7,11H2,1-2H3;3-8H,1-2H3;7-8H,3-6H2,1-2H3;2*7-8H,3-6H2,1-2H3;7H,5-6H2,1-4H3;7H,4-6H2,1-3H3;2*6-7H,3-5H2,1-2H3;6-7H,5H2,1-4H3;6-7H,4-5H2,1-3H3;6H,4-5H2,1-3H3;5-6H,1-4H3;5H,3-4,6H2,1-2H3;5-6H,3-4H2,1-2H3;2*4H,1-3H3;3H,4H2,1-2H3. The number of likely N-dealkylation sites (N-methyl/N-ethyl adjacent to an activating group) is 2. The van der Waals surface area contributed by atoms with Crippen LogP contribution in [-0.4, -0.2) is 300 Å². The van der Waals surface area contributed by atoms with E-state index in [0.29, 0.717) is 167 Å². The van der Waals surface area contributed by atoms with Crippen LogP contribution in [-0.2, 0) is 96.6 Å². The normalized spacial score (nSPS) is 13.7. The average molecular weight is 2050 g/mol. The van der Waals surface area contributed by atoms with Crippen molar-refractivity contribution in [3.05, 3.63) is 65.7 Å². The van der Waals surface area contributed by atoms with Gasteiger partial charge >= 0.3 is 0 Å². The Morgan fingerprint density at radius 1 is 0.373 bits per heavy atom. The second kappa shape index (κ2) is 122. The molecule has 0 aromatic heterocycles. The number of aliphatic hydroxyl groups excluding tert-OH is 1. The van der Waals surface area contributed by atoms with E-state index in [4.69, 9.17) is 112 Å². The van der Waals surface area contributed by atoms with Crippen molar-refractivity contribution in [1.82, 2.24) is 10.2 Å². The molecule has 2 aromatic rings. The highest BCUT2D eigenvalue weighted by atomic mass is 16.5. The lowest BCUT2D eigenvalue weighted by atomic mass is 9.96. The van der Waals surface area contributed by atoms with Gasteiger partial charge < -0.3 is 123 Å². The topological polar surface area (TPSA) is 289 Å². The molecule has 1 aliphatic heterocycles. The lowest BCUT2D eigenvalue weighted by Crippen LogP contribution is -2.25. The molecule has 0 spiro atoms. The molecule has 2 aromatic carbocycles. The Kier molecular flexibility index (Phi) is 139. The summed E-state index contributed by atoms with van der Waals surface area (Å²) in [7, 11) is 12.8. The zero-order valence-electron chi connectivity index (χ0n) is 102. The highest BCUT2D eigenvalue weighted by Crippen LogP contribution is 2.32. The van der Waals surface area contributed by atoms with E-state index in [1.807, 2.05) is 204 Å². The molecule has 5 fully saturated rings. The molecule has 0 radical (unpaired) electrons. The lowest BCUT2D eigenvalue weighted by molar-refractivity contribution is -0.0563. The van der Waals surface area contributed by atoms with Gasteiger partial charge in [-0.1, -0.05) is 110 Å². The number of methoxy groups -OCH3 is 4. The fraction of sp³-hybridized carbons (Fsp3) is 0.897. The minimum atomic E-state index is 0.123. The molecule has 1 saturated heterocycles. The molecule has 25 heteroatoms. The van der Waals surface area contributed by atoms with Gasteiger partial charge in [-0.05, 0) is 380 Å². The number of nitrogens with two attached hydrogens (primary N) is 3. The number of hydrogen-bond donors (Lipinski definition) is 5. The van der Waals surface area contributed by atoms with E-state index in [1.54, 1.807) is 28.4 Å². The molecule has 0 unspecified atom stereocenters. The van der Waals surface area contributed by atoms with Crippen LogP contribution in [0.3, 0.4) is 0 Å². The first-order valence-electron chi connectivity index (χ1n) is 55.1. The van der Waals surface area contributed by atoms with Gasteiger partial charge in [-0.3, -0.25) is 0 Å². The first kappa shape index (κ1) is 162. The number of nitrogen functional groups attached to an aromatic ring is 1. The molecule has 5 aliphatic rings. The van der Waals surface area contributed by atoms with Gasteiger partial charge in [0.25, 0.3) is 0 Å². The van der Waals surface area contributed by atoms with Crippen LogP contribution >= 0.6 is 0 Å². The number of nitrogens with zero attached hydrogens (tertiary/aromatic N) is 1. The third-order valence-electron chi connectivity index (χ3n) is 17.8. The molecule has 0 bridgehead atoms. The van der Waals surface area contributed by atoms with E-state index < -0.39 is 0 Å². The molecule has 8 N–H and O–H groups in total. The van der Waals surface area contributed by atoms with Crippen molar-refractivity contribution in [2.45, 2.75) is 514 Å². The number of nitrogens with one attached hydrogen (secondary N) is 1. The summed E-state index contributed by atoms with van der Waals surface area (Å²) in [5, 5.41) is 11.2. The Morgan fingerprint density at radius 3 is 1.01 bits per heavy atom. The molecule has 0 amide bonds. The van der Waals surface area contributed by atoms with Crippen LogP contribution in [0.2, 0.25) is 0 Å². The summed E-state index contributed by atoms with van der Waals surface area (Å²) in [6.45, 7) is 95.8. The van der Waals surface area contributed by atoms with E-state index in [1.165, 1.54) is 82.6 Å². The van der Waals surface area contributed by atoms with Crippen LogP contribution in [0.4, 0.5) is 5.69 Å². The highest BCUT2D eigenvalue weighted by molar-refractivity contribution is 5.39. The second-order valence-electron chi connectivity index (χ2n) is 41.6. The molecule has 4 saturated carbocycles. The summed E-state index contributed by atoms with van der Waals surface area (Å²) in [6, 6.07) is 18.6. The van der Waals surface area contributed by atoms with E-state index in [2.05, 4.69) is 159 Å². The van der Waals surface area contributed by atoms with Crippen molar-refractivity contribution in [3.8, 4) is 0 Å². The van der Waals surface area contributed by atoms with Gasteiger partial charge in [-0.15, -0.1) is 0 Å². The Labute approximate surface area is 882 Å². The minimum Gasteiger partial charge on any atom is -0.399 e. The Balaban J connectivity index is -0.000000143. The molecular weight excluding hydrogens is 1800 g/mol. The molecular formula is C117H249N5O20. The van der Waals surface area contributed by atoms with Crippen molar-refractivity contribution in [2.75, 3.05) is 167 Å². The maximum Gasteiger partial charge on any atom is 0.0720 e. The first-order chi connectivity index (χ1) is 66.4. The van der Waals surface area contributed by atoms with Crippen molar-refractivity contribution in [3.63, 3.8) is 0 Å². The number of rotatable bonds is 47. The summed E-state index contributed by atoms with van der Waals surface area (Å²) >= 11 is 0. The second-order valence-corrected chi connectivity index (χ2v) is 41.6.